The van der Waals surface area contributed by atoms with Crippen molar-refractivity contribution in [2.45, 2.75) is 31.6 Å². The molecule has 0 aliphatic heterocycles. The summed E-state index contributed by atoms with van der Waals surface area (Å²) in [6, 6.07) is 0. The van der Waals surface area contributed by atoms with Crippen LogP contribution in [0.15, 0.2) is 0 Å². The van der Waals surface area contributed by atoms with Crippen LogP contribution in [0.3, 0.4) is 0 Å². The Morgan fingerprint density at radius 3 is 2.55 bits per heavy atom. The maximum atomic E-state index is 8.91. The molecule has 0 aliphatic rings. The Balaban J connectivity index is 3.01. The molecule has 0 fully saturated rings. The molecule has 2 unspecified atom stereocenters. The molecular formula is C8H19NOS. The first-order valence-electron chi connectivity index (χ1n) is 4.08. The summed E-state index contributed by atoms with van der Waals surface area (Å²) in [6.45, 7) is 5.73. The van der Waals surface area contributed by atoms with Crippen LogP contribution in [0.5, 0.6) is 0 Å². The van der Waals surface area contributed by atoms with Gasteiger partial charge < -0.3 is 10.4 Å². The molecule has 11 heavy (non-hydrogen) atoms. The Kier molecular flexibility index (Phi) is 7.12. The molecule has 0 radical (unpaired) electrons. The monoisotopic (exact) mass is 177 g/mol. The lowest BCUT2D eigenvalue weighted by molar-refractivity contribution is 0.191. The van der Waals surface area contributed by atoms with Crippen molar-refractivity contribution in [1.29, 1.82) is 0 Å². The van der Waals surface area contributed by atoms with Gasteiger partial charge in [0.05, 0.1) is 6.10 Å². The van der Waals surface area contributed by atoms with Crippen LogP contribution in [0.1, 0.15) is 20.3 Å². The molecule has 0 rings (SSSR count). The van der Waals surface area contributed by atoms with Crippen molar-refractivity contribution in [3.63, 3.8) is 0 Å². The Hall–Kier alpha value is 0.270. The Morgan fingerprint density at radius 1 is 1.45 bits per heavy atom. The maximum Gasteiger partial charge on any atom is 0.0636 e. The van der Waals surface area contributed by atoms with Crippen LogP contribution in [0.4, 0.5) is 0 Å². The van der Waals surface area contributed by atoms with Crippen LogP contribution in [0.2, 0.25) is 0 Å². The van der Waals surface area contributed by atoms with Crippen molar-refractivity contribution >= 4 is 11.8 Å². The zero-order valence-corrected chi connectivity index (χ0v) is 8.45. The maximum absolute atomic E-state index is 8.91. The predicted molar refractivity (Wildman–Crippen MR) is 52.1 cm³/mol. The van der Waals surface area contributed by atoms with Crippen LogP contribution < -0.4 is 5.32 Å². The molecule has 2 nitrogen and oxygen atoms in total. The van der Waals surface area contributed by atoms with Gasteiger partial charge in [0.1, 0.15) is 0 Å². The lowest BCUT2D eigenvalue weighted by atomic mass is 10.3. The van der Waals surface area contributed by atoms with Crippen molar-refractivity contribution in [2.75, 3.05) is 19.3 Å². The Morgan fingerprint density at radius 2 is 2.09 bits per heavy atom. The molecule has 0 amide bonds. The van der Waals surface area contributed by atoms with Crippen molar-refractivity contribution in [3.05, 3.63) is 0 Å². The number of hydrogen-bond donors (Lipinski definition) is 2. The normalized spacial score (nSPS) is 16.4. The van der Waals surface area contributed by atoms with Gasteiger partial charge in [-0.1, -0.05) is 6.92 Å². The quantitative estimate of drug-likeness (QED) is 0.596. The van der Waals surface area contributed by atoms with Gasteiger partial charge in [0.25, 0.3) is 0 Å². The minimum atomic E-state index is -0.223. The van der Waals surface area contributed by atoms with Gasteiger partial charge in [-0.2, -0.15) is 11.8 Å². The van der Waals surface area contributed by atoms with Gasteiger partial charge in [0.15, 0.2) is 0 Å². The highest BCUT2D eigenvalue weighted by atomic mass is 32.2. The van der Waals surface area contributed by atoms with Crippen LogP contribution in [0.25, 0.3) is 0 Å². The third-order valence-electron chi connectivity index (χ3n) is 1.57. The molecule has 68 valence electrons. The number of aliphatic hydroxyl groups is 1. The molecule has 2 N–H and O–H groups in total. The summed E-state index contributed by atoms with van der Waals surface area (Å²) in [5.74, 6) is 0. The third-order valence-corrected chi connectivity index (χ3v) is 2.61. The third kappa shape index (κ3) is 8.17. The molecule has 3 heteroatoms. The van der Waals surface area contributed by atoms with Crippen molar-refractivity contribution in [2.24, 2.45) is 0 Å². The summed E-state index contributed by atoms with van der Waals surface area (Å²) < 4.78 is 0. The largest absolute Gasteiger partial charge is 0.392 e. The van der Waals surface area contributed by atoms with Crippen molar-refractivity contribution < 1.29 is 5.11 Å². The smallest absolute Gasteiger partial charge is 0.0636 e. The van der Waals surface area contributed by atoms with Gasteiger partial charge in [-0.15, -0.1) is 0 Å². The number of thioether (sulfide) groups is 1. The predicted octanol–water partition coefficient (Wildman–Crippen LogP) is 1.10. The first-order valence-corrected chi connectivity index (χ1v) is 5.37. The summed E-state index contributed by atoms with van der Waals surface area (Å²) in [5, 5.41) is 12.8. The molecule has 0 aliphatic carbocycles. The second kappa shape index (κ2) is 6.95. The van der Waals surface area contributed by atoms with Crippen LogP contribution in [-0.4, -0.2) is 35.8 Å². The number of aliphatic hydroxyl groups excluding tert-OH is 1. The minimum Gasteiger partial charge on any atom is -0.392 e. The van der Waals surface area contributed by atoms with E-state index in [2.05, 4.69) is 18.5 Å². The fraction of sp³-hybridized carbons (Fsp3) is 1.00. The van der Waals surface area contributed by atoms with Gasteiger partial charge in [-0.3, -0.25) is 0 Å². The van der Waals surface area contributed by atoms with Gasteiger partial charge in [-0.25, -0.2) is 0 Å². The van der Waals surface area contributed by atoms with Gasteiger partial charge in [-0.05, 0) is 26.1 Å². The molecule has 0 saturated carbocycles. The summed E-state index contributed by atoms with van der Waals surface area (Å²) in [5.41, 5.74) is 0. The molecule has 0 bridgehead atoms. The molecule has 0 aromatic carbocycles. The topological polar surface area (TPSA) is 32.3 Å². The van der Waals surface area contributed by atoms with E-state index in [0.717, 1.165) is 11.8 Å². The van der Waals surface area contributed by atoms with E-state index in [-0.39, 0.29) is 6.10 Å². The lowest BCUT2D eigenvalue weighted by Crippen LogP contribution is -2.26. The van der Waals surface area contributed by atoms with Gasteiger partial charge in [0, 0.05) is 11.8 Å². The SMILES string of the molecule is CSC(C)CCNCC(C)O. The second-order valence-corrected chi connectivity index (χ2v) is 4.16. The lowest BCUT2D eigenvalue weighted by Gasteiger charge is -2.09. The summed E-state index contributed by atoms with van der Waals surface area (Å²) >= 11 is 1.88. The summed E-state index contributed by atoms with van der Waals surface area (Å²) in [6.07, 6.45) is 3.08. The Bertz CT molecular complexity index is 88.2. The van der Waals surface area contributed by atoms with Crippen molar-refractivity contribution in [1.82, 2.24) is 5.32 Å². The molecule has 0 saturated heterocycles. The molecular weight excluding hydrogens is 158 g/mol. The van der Waals surface area contributed by atoms with Crippen LogP contribution in [-0.2, 0) is 0 Å². The molecule has 0 heterocycles. The van der Waals surface area contributed by atoms with Crippen LogP contribution >= 0.6 is 11.8 Å². The van der Waals surface area contributed by atoms with Gasteiger partial charge >= 0.3 is 0 Å². The average molecular weight is 177 g/mol. The zero-order valence-electron chi connectivity index (χ0n) is 7.63. The fourth-order valence-corrected chi connectivity index (χ4v) is 1.09. The first kappa shape index (κ1) is 11.3. The summed E-state index contributed by atoms with van der Waals surface area (Å²) in [7, 11) is 0. The van der Waals surface area contributed by atoms with E-state index in [9.17, 15) is 0 Å². The Labute approximate surface area is 73.8 Å². The first-order chi connectivity index (χ1) is 5.16. The average Bonchev–Trinajstić information content (AvgIpc) is 1.97. The minimum absolute atomic E-state index is 0.223. The second-order valence-electron chi connectivity index (χ2n) is 2.89. The van der Waals surface area contributed by atoms with E-state index in [1.165, 1.54) is 6.42 Å². The van der Waals surface area contributed by atoms with Gasteiger partial charge in [0.2, 0.25) is 0 Å². The standard InChI is InChI=1S/C8H19NOS/c1-7(10)6-9-5-4-8(2)11-3/h7-10H,4-6H2,1-3H3. The van der Waals surface area contributed by atoms with E-state index in [1.807, 2.05) is 11.8 Å². The van der Waals surface area contributed by atoms with E-state index in [0.29, 0.717) is 6.54 Å². The van der Waals surface area contributed by atoms with E-state index < -0.39 is 0 Å². The number of nitrogens with one attached hydrogen (secondary N) is 1. The van der Waals surface area contributed by atoms with Crippen molar-refractivity contribution in [3.8, 4) is 0 Å². The highest BCUT2D eigenvalue weighted by Gasteiger charge is 1.98. The number of rotatable bonds is 6. The van der Waals surface area contributed by atoms with E-state index >= 15 is 0 Å². The molecule has 0 aromatic heterocycles. The molecule has 0 aromatic rings. The van der Waals surface area contributed by atoms with E-state index in [1.54, 1.807) is 6.92 Å². The van der Waals surface area contributed by atoms with Crippen LogP contribution in [0, 0.1) is 0 Å². The highest BCUT2D eigenvalue weighted by molar-refractivity contribution is 7.99. The summed E-state index contributed by atoms with van der Waals surface area (Å²) in [4.78, 5) is 0. The highest BCUT2D eigenvalue weighted by Crippen LogP contribution is 2.07. The molecule has 0 spiro atoms. The number of hydrogen-bond acceptors (Lipinski definition) is 3. The zero-order chi connectivity index (χ0) is 8.69. The fourth-order valence-electron chi connectivity index (χ4n) is 0.734. The molecule has 2 atom stereocenters. The van der Waals surface area contributed by atoms with E-state index in [4.69, 9.17) is 5.11 Å².